The molecule has 1 fully saturated rings. The number of rotatable bonds is 5. The summed E-state index contributed by atoms with van der Waals surface area (Å²) in [4.78, 5) is 27.5. The van der Waals surface area contributed by atoms with Gasteiger partial charge in [0.25, 0.3) is 5.56 Å². The quantitative estimate of drug-likeness (QED) is 0.513. The van der Waals surface area contributed by atoms with Crippen molar-refractivity contribution in [3.8, 4) is 6.07 Å². The van der Waals surface area contributed by atoms with E-state index in [9.17, 15) is 20.0 Å². The molecule has 0 saturated heterocycles. The number of nitriles is 1. The van der Waals surface area contributed by atoms with Gasteiger partial charge in [-0.3, -0.25) is 4.79 Å². The fourth-order valence-corrected chi connectivity index (χ4v) is 3.78. The number of anilines is 3. The third kappa shape index (κ3) is 3.80. The molecule has 2 heterocycles. The van der Waals surface area contributed by atoms with Crippen molar-refractivity contribution in [1.29, 1.82) is 5.26 Å². The zero-order chi connectivity index (χ0) is 22.5. The van der Waals surface area contributed by atoms with Crippen molar-refractivity contribution in [2.24, 2.45) is 12.5 Å². The summed E-state index contributed by atoms with van der Waals surface area (Å²) in [5.74, 6) is -1.25. The van der Waals surface area contributed by atoms with Gasteiger partial charge in [-0.1, -0.05) is 25.4 Å². The maximum atomic E-state index is 12.4. The maximum absolute atomic E-state index is 12.4. The van der Waals surface area contributed by atoms with Crippen molar-refractivity contribution in [2.45, 2.75) is 26.3 Å². The molecule has 3 aromatic rings. The molecule has 158 valence electrons. The fraction of sp³-hybridized carbons (Fsp3) is 0.273. The van der Waals surface area contributed by atoms with Gasteiger partial charge >= 0.3 is 5.97 Å². The summed E-state index contributed by atoms with van der Waals surface area (Å²) in [6.07, 6.45) is 1.01. The predicted octanol–water partition coefficient (Wildman–Crippen LogP) is 4.11. The molecule has 0 amide bonds. The molecule has 31 heavy (non-hydrogen) atoms. The zero-order valence-electron chi connectivity index (χ0n) is 17.2. The highest BCUT2D eigenvalue weighted by atomic mass is 35.5. The Labute approximate surface area is 183 Å². The minimum atomic E-state index is -1.25. The molecule has 1 aromatic carbocycles. The van der Waals surface area contributed by atoms with Crippen LogP contribution in [0.2, 0.25) is 5.15 Å². The van der Waals surface area contributed by atoms with Crippen LogP contribution in [0, 0.1) is 16.7 Å². The van der Waals surface area contributed by atoms with Gasteiger partial charge in [0.2, 0.25) is 0 Å². The van der Waals surface area contributed by atoms with E-state index in [1.807, 2.05) is 12.1 Å². The van der Waals surface area contributed by atoms with Gasteiger partial charge in [0.15, 0.2) is 5.69 Å². The summed E-state index contributed by atoms with van der Waals surface area (Å²) in [5, 5.41) is 25.9. The second-order valence-corrected chi connectivity index (χ2v) is 8.70. The number of nitrogens with one attached hydrogen (secondary N) is 2. The van der Waals surface area contributed by atoms with E-state index in [0.717, 1.165) is 23.0 Å². The second kappa shape index (κ2) is 7.29. The number of nitrogens with zero attached hydrogens (tertiary/aromatic N) is 3. The van der Waals surface area contributed by atoms with E-state index in [-0.39, 0.29) is 39.1 Å². The van der Waals surface area contributed by atoms with Gasteiger partial charge in [0.1, 0.15) is 16.8 Å². The van der Waals surface area contributed by atoms with E-state index in [4.69, 9.17) is 11.6 Å². The number of carboxylic acids is 1. The Kier molecular flexibility index (Phi) is 4.86. The van der Waals surface area contributed by atoms with Crippen molar-refractivity contribution in [1.82, 2.24) is 9.55 Å². The largest absolute Gasteiger partial charge is 0.477 e. The molecule has 0 spiro atoms. The average Bonchev–Trinajstić information content (AvgIpc) is 3.31. The van der Waals surface area contributed by atoms with Gasteiger partial charge in [0.05, 0.1) is 11.2 Å². The lowest BCUT2D eigenvalue weighted by Crippen LogP contribution is -2.19. The van der Waals surface area contributed by atoms with Crippen LogP contribution in [-0.4, -0.2) is 26.7 Å². The molecule has 0 aliphatic heterocycles. The zero-order valence-corrected chi connectivity index (χ0v) is 17.9. The van der Waals surface area contributed by atoms with E-state index in [0.29, 0.717) is 5.69 Å². The van der Waals surface area contributed by atoms with Gasteiger partial charge in [-0.15, -0.1) is 0 Å². The van der Waals surface area contributed by atoms with Crippen molar-refractivity contribution >= 4 is 45.5 Å². The highest BCUT2D eigenvalue weighted by Crippen LogP contribution is 2.47. The van der Waals surface area contributed by atoms with Crippen molar-refractivity contribution in [3.05, 3.63) is 57.1 Å². The summed E-state index contributed by atoms with van der Waals surface area (Å²) in [6.45, 7) is 4.33. The normalized spacial score (nSPS) is 16.5. The minimum Gasteiger partial charge on any atom is -0.477 e. The maximum Gasteiger partial charge on any atom is 0.354 e. The molecule has 1 atom stereocenters. The number of carbonyl (C=O) groups is 1. The molecular formula is C22H20ClN5O3. The van der Waals surface area contributed by atoms with Crippen LogP contribution in [0.3, 0.4) is 0 Å². The number of fused-ring (bicyclic) bond motifs is 1. The van der Waals surface area contributed by atoms with E-state index in [2.05, 4.69) is 29.5 Å². The second-order valence-electron chi connectivity index (χ2n) is 8.34. The summed E-state index contributed by atoms with van der Waals surface area (Å²) in [5.41, 5.74) is 2.16. The number of aromatic carboxylic acids is 1. The lowest BCUT2D eigenvalue weighted by Gasteiger charge is -2.16. The van der Waals surface area contributed by atoms with E-state index >= 15 is 0 Å². The lowest BCUT2D eigenvalue weighted by atomic mass is 10.1. The Morgan fingerprint density at radius 1 is 1.32 bits per heavy atom. The SMILES string of the molecule is Cn1c(=O)cc(NC2CC2(C)C)c2cc(Nc3cc(C(=O)O)nc(Cl)c3C#N)ccc21. The Hall–Kier alpha value is -3.57. The first-order valence-electron chi connectivity index (χ1n) is 9.62. The third-order valence-electron chi connectivity index (χ3n) is 5.67. The Bertz CT molecular complexity index is 1340. The van der Waals surface area contributed by atoms with Gasteiger partial charge in [0, 0.05) is 35.9 Å². The van der Waals surface area contributed by atoms with Crippen LogP contribution in [0.25, 0.3) is 10.9 Å². The number of hydrogen-bond acceptors (Lipinski definition) is 6. The van der Waals surface area contributed by atoms with Crippen LogP contribution in [0.15, 0.2) is 35.1 Å². The molecule has 0 bridgehead atoms. The highest BCUT2D eigenvalue weighted by Gasteiger charge is 2.45. The van der Waals surface area contributed by atoms with E-state index < -0.39 is 5.97 Å². The molecule has 4 rings (SSSR count). The third-order valence-corrected chi connectivity index (χ3v) is 5.95. The number of benzene rings is 1. The van der Waals surface area contributed by atoms with Crippen LogP contribution in [-0.2, 0) is 7.05 Å². The summed E-state index contributed by atoms with van der Waals surface area (Å²) in [7, 11) is 1.71. The molecule has 1 saturated carbocycles. The van der Waals surface area contributed by atoms with Crippen LogP contribution in [0.5, 0.6) is 0 Å². The molecule has 1 aliphatic rings. The number of hydrogen-bond donors (Lipinski definition) is 3. The van der Waals surface area contributed by atoms with E-state index in [1.165, 1.54) is 6.07 Å². The predicted molar refractivity (Wildman–Crippen MR) is 119 cm³/mol. The molecular weight excluding hydrogens is 418 g/mol. The van der Waals surface area contributed by atoms with Crippen LogP contribution < -0.4 is 16.2 Å². The van der Waals surface area contributed by atoms with Gasteiger partial charge in [-0.2, -0.15) is 5.26 Å². The smallest absolute Gasteiger partial charge is 0.354 e. The molecule has 1 unspecified atom stereocenters. The summed E-state index contributed by atoms with van der Waals surface area (Å²) in [6, 6.07) is 10.5. The number of aromatic nitrogens is 2. The van der Waals surface area contributed by atoms with Crippen molar-refractivity contribution in [3.63, 3.8) is 0 Å². The molecule has 2 aromatic heterocycles. The fourth-order valence-electron chi connectivity index (χ4n) is 3.54. The number of halogens is 1. The minimum absolute atomic E-state index is 0.0466. The summed E-state index contributed by atoms with van der Waals surface area (Å²) < 4.78 is 1.56. The monoisotopic (exact) mass is 437 g/mol. The van der Waals surface area contributed by atoms with Crippen LogP contribution in [0.4, 0.5) is 17.1 Å². The summed E-state index contributed by atoms with van der Waals surface area (Å²) >= 11 is 6.01. The van der Waals surface area contributed by atoms with Crippen LogP contribution >= 0.6 is 11.6 Å². The first-order valence-corrected chi connectivity index (χ1v) is 10.00. The topological polar surface area (TPSA) is 120 Å². The molecule has 3 N–H and O–H groups in total. The van der Waals surface area contributed by atoms with Crippen molar-refractivity contribution < 1.29 is 9.90 Å². The Balaban J connectivity index is 1.80. The van der Waals surface area contributed by atoms with Gasteiger partial charge < -0.3 is 20.3 Å². The van der Waals surface area contributed by atoms with E-state index in [1.54, 1.807) is 29.8 Å². The molecule has 0 radical (unpaired) electrons. The number of aryl methyl sites for hydroxylation is 1. The number of pyridine rings is 2. The molecule has 8 nitrogen and oxygen atoms in total. The Morgan fingerprint density at radius 2 is 2.03 bits per heavy atom. The first-order chi connectivity index (χ1) is 14.6. The van der Waals surface area contributed by atoms with Crippen molar-refractivity contribution in [2.75, 3.05) is 10.6 Å². The molecule has 9 heteroatoms. The molecule has 1 aliphatic carbocycles. The standard InChI is InChI=1S/C22H20ClN5O3/c1-22(2)9-18(22)26-15-8-19(29)28(3)17-5-4-11(6-12(15)17)25-14-7-16(21(30)31)27-20(23)13(14)10-24/h4-8,18,26H,9H2,1-3H3,(H,25,27)(H,30,31). The van der Waals surface area contributed by atoms with Crippen LogP contribution in [0.1, 0.15) is 36.3 Å². The highest BCUT2D eigenvalue weighted by molar-refractivity contribution is 6.31. The Morgan fingerprint density at radius 3 is 2.65 bits per heavy atom. The first kappa shape index (κ1) is 20.7. The van der Waals surface area contributed by atoms with Gasteiger partial charge in [-0.05, 0) is 36.1 Å². The van der Waals surface area contributed by atoms with Gasteiger partial charge in [-0.25, -0.2) is 9.78 Å². The average molecular weight is 438 g/mol. The number of carboxylic acid groups (broad SMARTS) is 1. The lowest BCUT2D eigenvalue weighted by molar-refractivity contribution is 0.0690.